The average molecular weight is 566 g/mol. The number of ether oxygens (including phenoxy) is 1. The fourth-order valence-corrected chi connectivity index (χ4v) is 6.83. The molecule has 3 aliphatic heterocycles. The van der Waals surface area contributed by atoms with Gasteiger partial charge in [-0.05, 0) is 55.9 Å². The topological polar surface area (TPSA) is 88.8 Å². The molecule has 0 bridgehead atoms. The molecule has 218 valence electrons. The number of benzene rings is 2. The van der Waals surface area contributed by atoms with Crippen LogP contribution in [-0.2, 0) is 17.8 Å². The summed E-state index contributed by atoms with van der Waals surface area (Å²) < 4.78 is 6.31. The first-order chi connectivity index (χ1) is 20.5. The van der Waals surface area contributed by atoms with Gasteiger partial charge in [-0.3, -0.25) is 9.69 Å². The van der Waals surface area contributed by atoms with Crippen LogP contribution in [0.1, 0.15) is 42.1 Å². The van der Waals surface area contributed by atoms with Crippen molar-refractivity contribution in [2.75, 3.05) is 51.8 Å². The van der Waals surface area contributed by atoms with E-state index in [1.807, 2.05) is 0 Å². The molecule has 0 radical (unpaired) electrons. The number of hydrogen-bond donors (Lipinski definition) is 0. The highest BCUT2D eigenvalue weighted by molar-refractivity contribution is 5.87. The fourth-order valence-electron chi connectivity index (χ4n) is 6.83. The Labute approximate surface area is 248 Å². The SMILES string of the molecule is C=CC(=O)N1CCN(c2nc(OC[C@@H]3CCCN3C)nc3c2CN(C)C(c2cccc4ccccc24)C3)C[C@@H]1CC#N. The molecule has 1 unspecified atom stereocenters. The van der Waals surface area contributed by atoms with Gasteiger partial charge in [-0.2, -0.15) is 15.2 Å². The minimum absolute atomic E-state index is 0.137. The number of rotatable bonds is 7. The highest BCUT2D eigenvalue weighted by Crippen LogP contribution is 2.39. The van der Waals surface area contributed by atoms with E-state index in [4.69, 9.17) is 14.7 Å². The van der Waals surface area contributed by atoms with Crippen molar-refractivity contribution in [1.82, 2.24) is 24.7 Å². The number of carbonyl (C=O) groups excluding carboxylic acids is 1. The lowest BCUT2D eigenvalue weighted by Gasteiger charge is -2.42. The molecule has 9 heteroatoms. The molecule has 3 aromatic rings. The standard InChI is InChI=1S/C33H39N7O2/c1-4-31(41)40-18-17-39(20-24(40)14-15-34)32-28-21-38(3)30(27-13-7-10-23-9-5-6-12-26(23)27)19-29(28)35-33(36-32)42-22-25-11-8-16-37(25)2/h4-7,9-10,12-13,24-25,30H,1,8,11,14,16-22H2,2-3H3/t24-,25-,30?/m0/s1. The Morgan fingerprint density at radius 3 is 2.71 bits per heavy atom. The molecule has 9 nitrogen and oxygen atoms in total. The maximum Gasteiger partial charge on any atom is 0.318 e. The van der Waals surface area contributed by atoms with Crippen molar-refractivity contribution in [2.24, 2.45) is 0 Å². The van der Waals surface area contributed by atoms with Gasteiger partial charge in [-0.15, -0.1) is 0 Å². The average Bonchev–Trinajstić information content (AvgIpc) is 3.43. The number of carbonyl (C=O) groups is 1. The Morgan fingerprint density at radius 2 is 1.93 bits per heavy atom. The number of piperazine rings is 1. The number of anilines is 1. The van der Waals surface area contributed by atoms with Gasteiger partial charge in [0.1, 0.15) is 12.4 Å². The van der Waals surface area contributed by atoms with Crippen LogP contribution < -0.4 is 9.64 Å². The van der Waals surface area contributed by atoms with Crippen LogP contribution in [0.2, 0.25) is 0 Å². The van der Waals surface area contributed by atoms with Crippen LogP contribution in [0, 0.1) is 11.3 Å². The molecule has 4 heterocycles. The highest BCUT2D eigenvalue weighted by Gasteiger charge is 2.35. The summed E-state index contributed by atoms with van der Waals surface area (Å²) in [7, 11) is 4.31. The van der Waals surface area contributed by atoms with E-state index in [0.29, 0.717) is 44.8 Å². The molecule has 1 amide bonds. The van der Waals surface area contributed by atoms with Crippen molar-refractivity contribution in [3.05, 3.63) is 71.9 Å². The number of nitrogens with zero attached hydrogens (tertiary/aromatic N) is 7. The van der Waals surface area contributed by atoms with Crippen LogP contribution in [0.4, 0.5) is 5.82 Å². The summed E-state index contributed by atoms with van der Waals surface area (Å²) in [6, 6.07) is 18.0. The Morgan fingerprint density at radius 1 is 1.10 bits per heavy atom. The largest absolute Gasteiger partial charge is 0.462 e. The fraction of sp³-hybridized carbons (Fsp3) is 0.455. The quantitative estimate of drug-likeness (QED) is 0.398. The van der Waals surface area contributed by atoms with Crippen LogP contribution in [0.15, 0.2) is 55.1 Å². The number of aromatic nitrogens is 2. The third kappa shape index (κ3) is 5.44. The third-order valence-corrected chi connectivity index (χ3v) is 9.20. The van der Waals surface area contributed by atoms with E-state index in [1.165, 1.54) is 28.8 Å². The summed E-state index contributed by atoms with van der Waals surface area (Å²) in [4.78, 5) is 31.3. The van der Waals surface area contributed by atoms with Gasteiger partial charge in [0, 0.05) is 50.2 Å². The monoisotopic (exact) mass is 565 g/mol. The molecule has 2 fully saturated rings. The Balaban J connectivity index is 1.35. The van der Waals surface area contributed by atoms with Crippen molar-refractivity contribution in [3.63, 3.8) is 0 Å². The molecule has 1 aromatic heterocycles. The van der Waals surface area contributed by atoms with E-state index in [0.717, 1.165) is 36.5 Å². The Kier molecular flexibility index (Phi) is 8.09. The van der Waals surface area contributed by atoms with E-state index < -0.39 is 0 Å². The molecule has 0 spiro atoms. The smallest absolute Gasteiger partial charge is 0.318 e. The number of likely N-dealkylation sites (N-methyl/N-ethyl adjacent to an activating group) is 2. The van der Waals surface area contributed by atoms with Crippen molar-refractivity contribution >= 4 is 22.5 Å². The van der Waals surface area contributed by atoms with Gasteiger partial charge in [-0.25, -0.2) is 0 Å². The lowest BCUT2D eigenvalue weighted by Crippen LogP contribution is -2.55. The van der Waals surface area contributed by atoms with Gasteiger partial charge >= 0.3 is 6.01 Å². The molecular formula is C33H39N7O2. The second-order valence-electron chi connectivity index (χ2n) is 11.7. The first-order valence-electron chi connectivity index (χ1n) is 14.9. The van der Waals surface area contributed by atoms with Gasteiger partial charge in [0.2, 0.25) is 5.91 Å². The summed E-state index contributed by atoms with van der Waals surface area (Å²) in [6.45, 7) is 7.64. The van der Waals surface area contributed by atoms with Gasteiger partial charge in [0.05, 0.1) is 24.2 Å². The molecule has 0 saturated carbocycles. The molecule has 0 N–H and O–H groups in total. The molecule has 2 saturated heterocycles. The molecule has 3 atom stereocenters. The first kappa shape index (κ1) is 28.1. The zero-order valence-corrected chi connectivity index (χ0v) is 24.6. The number of hydrogen-bond acceptors (Lipinski definition) is 8. The van der Waals surface area contributed by atoms with Crippen LogP contribution in [0.3, 0.4) is 0 Å². The van der Waals surface area contributed by atoms with Crippen LogP contribution in [0.25, 0.3) is 10.8 Å². The Hall–Kier alpha value is -4.00. The number of fused-ring (bicyclic) bond motifs is 2. The minimum atomic E-state index is -0.235. The maximum atomic E-state index is 12.6. The predicted octanol–water partition coefficient (Wildman–Crippen LogP) is 3.95. The Bertz CT molecular complexity index is 1510. The lowest BCUT2D eigenvalue weighted by atomic mass is 9.90. The molecule has 0 aliphatic carbocycles. The number of nitriles is 1. The van der Waals surface area contributed by atoms with E-state index >= 15 is 0 Å². The van der Waals surface area contributed by atoms with Gasteiger partial charge in [0.25, 0.3) is 0 Å². The zero-order valence-electron chi connectivity index (χ0n) is 24.6. The molecular weight excluding hydrogens is 526 g/mol. The van der Waals surface area contributed by atoms with Crippen molar-refractivity contribution in [3.8, 4) is 12.1 Å². The summed E-state index contributed by atoms with van der Waals surface area (Å²) in [5.41, 5.74) is 3.40. The van der Waals surface area contributed by atoms with Gasteiger partial charge in [-0.1, -0.05) is 49.0 Å². The van der Waals surface area contributed by atoms with Crippen molar-refractivity contribution in [1.29, 1.82) is 5.26 Å². The number of likely N-dealkylation sites (tertiary alicyclic amines) is 1. The minimum Gasteiger partial charge on any atom is -0.462 e. The van der Waals surface area contributed by atoms with Crippen LogP contribution >= 0.6 is 0 Å². The third-order valence-electron chi connectivity index (χ3n) is 9.20. The van der Waals surface area contributed by atoms with E-state index in [1.54, 1.807) is 4.90 Å². The number of amides is 1. The predicted molar refractivity (Wildman–Crippen MR) is 163 cm³/mol. The summed E-state index contributed by atoms with van der Waals surface area (Å²) in [5, 5.41) is 12.0. The van der Waals surface area contributed by atoms with Crippen LogP contribution in [0.5, 0.6) is 6.01 Å². The van der Waals surface area contributed by atoms with Crippen molar-refractivity contribution < 1.29 is 9.53 Å². The lowest BCUT2D eigenvalue weighted by molar-refractivity contribution is -0.128. The normalized spacial score (nSPS) is 23.0. The van der Waals surface area contributed by atoms with Gasteiger partial charge in [0.15, 0.2) is 0 Å². The zero-order chi connectivity index (χ0) is 29.2. The van der Waals surface area contributed by atoms with E-state index in [-0.39, 0.29) is 24.4 Å². The second-order valence-corrected chi connectivity index (χ2v) is 11.7. The van der Waals surface area contributed by atoms with Crippen LogP contribution in [-0.4, -0.2) is 89.5 Å². The van der Waals surface area contributed by atoms with Gasteiger partial charge < -0.3 is 19.4 Å². The first-order valence-corrected chi connectivity index (χ1v) is 14.9. The van der Waals surface area contributed by atoms with E-state index in [9.17, 15) is 10.1 Å². The summed E-state index contributed by atoms with van der Waals surface area (Å²) in [5.74, 6) is 0.716. The molecule has 3 aliphatic rings. The highest BCUT2D eigenvalue weighted by atomic mass is 16.5. The summed E-state index contributed by atoms with van der Waals surface area (Å²) >= 11 is 0. The maximum absolute atomic E-state index is 12.6. The molecule has 2 aromatic carbocycles. The van der Waals surface area contributed by atoms with Crippen molar-refractivity contribution in [2.45, 2.75) is 50.4 Å². The summed E-state index contributed by atoms with van der Waals surface area (Å²) in [6.07, 6.45) is 4.61. The van der Waals surface area contributed by atoms with E-state index in [2.05, 4.69) is 83.9 Å². The molecule has 6 rings (SSSR count). The molecule has 42 heavy (non-hydrogen) atoms. The second kappa shape index (κ2) is 12.1.